The Morgan fingerprint density at radius 3 is 0.917 bits per heavy atom. The van der Waals surface area contributed by atoms with Crippen molar-refractivity contribution in [2.75, 3.05) is 0 Å². The Kier molecular flexibility index (Phi) is 9.28. The van der Waals surface area contributed by atoms with Gasteiger partial charge in [-0.15, -0.1) is 0 Å². The van der Waals surface area contributed by atoms with Crippen LogP contribution in [0.5, 0.6) is 0 Å². The molecule has 0 radical (unpaired) electrons. The largest absolute Gasteiger partial charge is 0.416 e. The SMILES string of the molecule is N#CC(C(O)c1cc(C(F)(F)F)cc(C(F)(F)F)c1)C(O)c1cc(C(F)(F)F)cc(C(F)(F)F)c1.[Zn]. The normalized spacial score (nSPS) is 15.5. The monoisotopic (exact) mass is 589 g/mol. The van der Waals surface area contributed by atoms with Crippen molar-refractivity contribution in [3.05, 3.63) is 69.8 Å². The molecule has 2 atom stereocenters. The average Bonchev–Trinajstić information content (AvgIpc) is 2.70. The predicted molar refractivity (Wildman–Crippen MR) is 91.9 cm³/mol. The van der Waals surface area contributed by atoms with Crippen molar-refractivity contribution in [2.24, 2.45) is 5.92 Å². The Morgan fingerprint density at radius 1 is 0.528 bits per heavy atom. The van der Waals surface area contributed by atoms with Gasteiger partial charge in [0.1, 0.15) is 5.92 Å². The van der Waals surface area contributed by atoms with E-state index in [1.165, 1.54) is 0 Å². The second-order valence-corrected chi connectivity index (χ2v) is 7.22. The fourth-order valence-corrected chi connectivity index (χ4v) is 3.03. The number of halogens is 12. The molecular formula is C20H11F12NO2Zn. The molecule has 2 aromatic carbocycles. The van der Waals surface area contributed by atoms with E-state index in [0.29, 0.717) is 0 Å². The van der Waals surface area contributed by atoms with E-state index in [4.69, 9.17) is 0 Å². The van der Waals surface area contributed by atoms with Crippen LogP contribution in [0.1, 0.15) is 45.6 Å². The van der Waals surface area contributed by atoms with Crippen molar-refractivity contribution in [3.8, 4) is 6.07 Å². The third kappa shape index (κ3) is 7.33. The van der Waals surface area contributed by atoms with Gasteiger partial charge in [0.15, 0.2) is 0 Å². The number of alkyl halides is 12. The summed E-state index contributed by atoms with van der Waals surface area (Å²) < 4.78 is 157. The Bertz CT molecular complexity index is 970. The van der Waals surface area contributed by atoms with E-state index in [0.717, 1.165) is 6.07 Å². The van der Waals surface area contributed by atoms with E-state index in [1.54, 1.807) is 0 Å². The second-order valence-electron chi connectivity index (χ2n) is 7.22. The van der Waals surface area contributed by atoms with Gasteiger partial charge in [0, 0.05) is 19.5 Å². The van der Waals surface area contributed by atoms with E-state index in [-0.39, 0.29) is 55.9 Å². The molecular weight excluding hydrogens is 580 g/mol. The molecule has 0 heterocycles. The Morgan fingerprint density at radius 2 is 0.750 bits per heavy atom. The molecule has 0 amide bonds. The summed E-state index contributed by atoms with van der Waals surface area (Å²) in [5, 5.41) is 29.8. The van der Waals surface area contributed by atoms with Crippen molar-refractivity contribution in [1.29, 1.82) is 5.26 Å². The van der Waals surface area contributed by atoms with Crippen LogP contribution >= 0.6 is 0 Å². The number of rotatable bonds is 4. The zero-order valence-electron chi connectivity index (χ0n) is 17.3. The van der Waals surface area contributed by atoms with Gasteiger partial charge in [-0.2, -0.15) is 57.9 Å². The van der Waals surface area contributed by atoms with E-state index >= 15 is 0 Å². The van der Waals surface area contributed by atoms with E-state index in [2.05, 4.69) is 0 Å². The summed E-state index contributed by atoms with van der Waals surface area (Å²) in [4.78, 5) is 0. The Hall–Kier alpha value is -2.37. The molecule has 0 saturated heterocycles. The third-order valence-corrected chi connectivity index (χ3v) is 4.73. The predicted octanol–water partition coefficient (Wildman–Crippen LogP) is 6.67. The van der Waals surface area contributed by atoms with Gasteiger partial charge in [0.25, 0.3) is 0 Å². The zero-order chi connectivity index (χ0) is 27.1. The van der Waals surface area contributed by atoms with Crippen molar-refractivity contribution in [3.63, 3.8) is 0 Å². The van der Waals surface area contributed by atoms with Crippen molar-refractivity contribution in [1.82, 2.24) is 0 Å². The fourth-order valence-electron chi connectivity index (χ4n) is 3.03. The summed E-state index contributed by atoms with van der Waals surface area (Å²) in [5.41, 5.74) is -10.1. The van der Waals surface area contributed by atoms with Gasteiger partial charge in [-0.25, -0.2) is 0 Å². The molecule has 0 fully saturated rings. The first-order chi connectivity index (χ1) is 15.7. The Balaban J connectivity index is 0.00000648. The van der Waals surface area contributed by atoms with Gasteiger partial charge < -0.3 is 10.2 Å². The second kappa shape index (κ2) is 10.6. The van der Waals surface area contributed by atoms with Gasteiger partial charge >= 0.3 is 24.7 Å². The molecule has 0 aliphatic heterocycles. The number of aliphatic hydroxyl groups is 2. The van der Waals surface area contributed by atoms with E-state index in [1.807, 2.05) is 0 Å². The third-order valence-electron chi connectivity index (χ3n) is 4.73. The molecule has 0 aromatic heterocycles. The first-order valence-corrected chi connectivity index (χ1v) is 9.00. The molecule has 194 valence electrons. The van der Waals surface area contributed by atoms with Crippen LogP contribution in [0.3, 0.4) is 0 Å². The molecule has 0 aliphatic rings. The van der Waals surface area contributed by atoms with Gasteiger partial charge in [-0.3, -0.25) is 0 Å². The summed E-state index contributed by atoms with van der Waals surface area (Å²) in [6.45, 7) is 0. The van der Waals surface area contributed by atoms with Crippen LogP contribution in [0.25, 0.3) is 0 Å². The molecule has 2 aromatic rings. The maximum atomic E-state index is 13.0. The van der Waals surface area contributed by atoms with Crippen molar-refractivity contribution >= 4 is 0 Å². The van der Waals surface area contributed by atoms with Crippen LogP contribution in [0.2, 0.25) is 0 Å². The zero-order valence-corrected chi connectivity index (χ0v) is 20.2. The molecule has 16 heteroatoms. The standard InChI is InChI=1S/C20H11F12NO2.Zn/c21-17(22,23)10-1-8(2-11(5-10)18(24,25)26)15(34)14(7-33)16(35)9-3-12(19(27,28)29)6-13(4-9)20(30,31)32;/h1-6,14-16,34-35H;. The van der Waals surface area contributed by atoms with Crippen LogP contribution in [-0.2, 0) is 44.2 Å². The molecule has 0 spiro atoms. The summed E-state index contributed by atoms with van der Waals surface area (Å²) in [5.74, 6) is -2.47. The number of hydrogen-bond acceptors (Lipinski definition) is 3. The van der Waals surface area contributed by atoms with Crippen LogP contribution in [-0.4, -0.2) is 10.2 Å². The van der Waals surface area contributed by atoms with Crippen molar-refractivity contribution in [2.45, 2.75) is 36.9 Å². The van der Waals surface area contributed by atoms with E-state index in [9.17, 15) is 68.2 Å². The molecule has 2 N–H and O–H groups in total. The summed E-state index contributed by atoms with van der Waals surface area (Å²) >= 11 is 0. The number of aliphatic hydroxyl groups excluding tert-OH is 2. The molecule has 0 saturated carbocycles. The summed E-state index contributed by atoms with van der Waals surface area (Å²) in [6, 6.07) is 0.505. The number of nitrogens with zero attached hydrogens (tertiary/aromatic N) is 1. The number of nitriles is 1. The van der Waals surface area contributed by atoms with Gasteiger partial charge in [0.05, 0.1) is 40.5 Å². The van der Waals surface area contributed by atoms with Crippen LogP contribution in [0.4, 0.5) is 52.7 Å². The Labute approximate surface area is 206 Å². The average molecular weight is 591 g/mol. The molecule has 2 rings (SSSR count). The van der Waals surface area contributed by atoms with Crippen LogP contribution in [0, 0.1) is 17.2 Å². The minimum Gasteiger partial charge on any atom is -0.387 e. The van der Waals surface area contributed by atoms with Crippen LogP contribution in [0.15, 0.2) is 36.4 Å². The maximum Gasteiger partial charge on any atom is 0.416 e. The molecule has 0 bridgehead atoms. The van der Waals surface area contributed by atoms with Crippen molar-refractivity contribution < 1.29 is 82.4 Å². The van der Waals surface area contributed by atoms with Gasteiger partial charge in [-0.1, -0.05) is 0 Å². The topological polar surface area (TPSA) is 64.2 Å². The number of hydrogen-bond donors (Lipinski definition) is 2. The van der Waals surface area contributed by atoms with Crippen LogP contribution < -0.4 is 0 Å². The first kappa shape index (κ1) is 31.7. The smallest absolute Gasteiger partial charge is 0.387 e. The first-order valence-electron chi connectivity index (χ1n) is 9.00. The molecule has 36 heavy (non-hydrogen) atoms. The molecule has 3 nitrogen and oxygen atoms in total. The fraction of sp³-hybridized carbons (Fsp3) is 0.350. The number of benzene rings is 2. The molecule has 0 aliphatic carbocycles. The molecule has 2 unspecified atom stereocenters. The quantitative estimate of drug-likeness (QED) is 0.309. The van der Waals surface area contributed by atoms with E-state index < -0.39 is 76.2 Å². The summed E-state index contributed by atoms with van der Waals surface area (Å²) in [7, 11) is 0. The summed E-state index contributed by atoms with van der Waals surface area (Å²) in [6.07, 6.45) is -26.8. The minimum absolute atomic E-state index is 0. The van der Waals surface area contributed by atoms with Gasteiger partial charge in [0.2, 0.25) is 0 Å². The van der Waals surface area contributed by atoms with Gasteiger partial charge in [-0.05, 0) is 47.5 Å². The maximum absolute atomic E-state index is 13.0. The minimum atomic E-state index is -5.36.